The lowest BCUT2D eigenvalue weighted by Crippen LogP contribution is -2.46. The molecule has 0 radical (unpaired) electrons. The molecule has 0 spiro atoms. The lowest BCUT2D eigenvalue weighted by molar-refractivity contribution is 0.126. The Morgan fingerprint density at radius 3 is 2.46 bits per heavy atom. The van der Waals surface area contributed by atoms with Gasteiger partial charge < -0.3 is 20.3 Å². The summed E-state index contributed by atoms with van der Waals surface area (Å²) in [5.41, 5.74) is 1.42. The highest BCUT2D eigenvalue weighted by atomic mass is 16.5. The molecule has 1 fully saturated rings. The van der Waals surface area contributed by atoms with E-state index in [-0.39, 0.29) is 0 Å². The average molecular weight is 390 g/mol. The second kappa shape index (κ2) is 14.4. The Bertz CT molecular complexity index is 529. The Morgan fingerprint density at radius 2 is 1.75 bits per heavy atom. The summed E-state index contributed by atoms with van der Waals surface area (Å²) in [6.45, 7) is 15.1. The van der Waals surface area contributed by atoms with Crippen molar-refractivity contribution < 1.29 is 4.74 Å². The highest BCUT2D eigenvalue weighted by Gasteiger charge is 2.16. The van der Waals surface area contributed by atoms with Gasteiger partial charge in [0.05, 0.1) is 6.61 Å². The van der Waals surface area contributed by atoms with Crippen LogP contribution in [0.1, 0.15) is 32.3 Å². The summed E-state index contributed by atoms with van der Waals surface area (Å²) in [4.78, 5) is 9.82. The summed E-state index contributed by atoms with van der Waals surface area (Å²) in [7, 11) is 0. The average Bonchev–Trinajstić information content (AvgIpc) is 2.73. The number of benzene rings is 1. The molecule has 1 saturated heterocycles. The predicted octanol–water partition coefficient (Wildman–Crippen LogP) is 2.18. The molecule has 2 rings (SSSR count). The molecule has 1 aliphatic heterocycles. The Balaban J connectivity index is 1.55. The Kier molecular flexibility index (Phi) is 11.6. The lowest BCUT2D eigenvalue weighted by atomic mass is 10.2. The van der Waals surface area contributed by atoms with E-state index in [2.05, 4.69) is 62.7 Å². The maximum atomic E-state index is 5.36. The molecule has 0 aromatic heterocycles. The predicted molar refractivity (Wildman–Crippen MR) is 118 cm³/mol. The molecule has 6 nitrogen and oxygen atoms in total. The number of guanidine groups is 1. The molecule has 0 unspecified atom stereocenters. The van der Waals surface area contributed by atoms with Crippen molar-refractivity contribution >= 4 is 5.96 Å². The molecule has 158 valence electrons. The molecule has 0 saturated carbocycles. The minimum absolute atomic E-state index is 0.719. The van der Waals surface area contributed by atoms with Gasteiger partial charge in [0.2, 0.25) is 0 Å². The van der Waals surface area contributed by atoms with Gasteiger partial charge in [-0.1, -0.05) is 30.3 Å². The molecular weight excluding hydrogens is 350 g/mol. The highest BCUT2D eigenvalue weighted by Crippen LogP contribution is 2.09. The van der Waals surface area contributed by atoms with Gasteiger partial charge in [-0.05, 0) is 38.8 Å². The van der Waals surface area contributed by atoms with Crippen LogP contribution in [0.2, 0.25) is 0 Å². The van der Waals surface area contributed by atoms with Gasteiger partial charge in [-0.2, -0.15) is 0 Å². The number of hydrogen-bond donors (Lipinski definition) is 2. The first-order valence-corrected chi connectivity index (χ1v) is 10.9. The van der Waals surface area contributed by atoms with Crippen molar-refractivity contribution in [1.29, 1.82) is 0 Å². The summed E-state index contributed by atoms with van der Waals surface area (Å²) in [6.07, 6.45) is 2.34. The van der Waals surface area contributed by atoms with Crippen molar-refractivity contribution in [3.8, 4) is 0 Å². The third-order valence-electron chi connectivity index (χ3n) is 4.95. The third kappa shape index (κ3) is 9.53. The van der Waals surface area contributed by atoms with Crippen molar-refractivity contribution in [2.24, 2.45) is 4.99 Å². The van der Waals surface area contributed by atoms with Gasteiger partial charge >= 0.3 is 0 Å². The van der Waals surface area contributed by atoms with E-state index in [0.717, 1.165) is 51.8 Å². The van der Waals surface area contributed by atoms with Gasteiger partial charge in [0.1, 0.15) is 0 Å². The molecule has 0 amide bonds. The fourth-order valence-corrected chi connectivity index (χ4v) is 3.38. The summed E-state index contributed by atoms with van der Waals surface area (Å²) in [5.74, 6) is 0.900. The molecule has 0 atom stereocenters. The number of aliphatic imine (C=N–C) groups is 1. The minimum Gasteiger partial charge on any atom is -0.380 e. The molecule has 1 aliphatic rings. The minimum atomic E-state index is 0.719. The van der Waals surface area contributed by atoms with E-state index >= 15 is 0 Å². The van der Waals surface area contributed by atoms with E-state index in [1.165, 1.54) is 44.7 Å². The van der Waals surface area contributed by atoms with Crippen LogP contribution in [0, 0.1) is 0 Å². The molecule has 1 heterocycles. The van der Waals surface area contributed by atoms with Crippen LogP contribution in [-0.2, 0) is 11.3 Å². The van der Waals surface area contributed by atoms with Crippen LogP contribution in [0.25, 0.3) is 0 Å². The number of nitrogens with zero attached hydrogens (tertiary/aromatic N) is 3. The van der Waals surface area contributed by atoms with E-state index in [9.17, 15) is 0 Å². The lowest BCUT2D eigenvalue weighted by Gasteiger charge is -2.34. The van der Waals surface area contributed by atoms with Gasteiger partial charge in [-0.25, -0.2) is 0 Å². The molecule has 28 heavy (non-hydrogen) atoms. The molecule has 1 aromatic rings. The number of unbranched alkanes of at least 4 members (excludes halogenated alkanes) is 1. The number of rotatable bonds is 12. The first-order valence-electron chi connectivity index (χ1n) is 10.9. The normalized spacial score (nSPS) is 16.3. The van der Waals surface area contributed by atoms with Gasteiger partial charge in [-0.15, -0.1) is 0 Å². The van der Waals surface area contributed by atoms with Crippen LogP contribution < -0.4 is 10.6 Å². The van der Waals surface area contributed by atoms with Crippen molar-refractivity contribution in [3.05, 3.63) is 35.9 Å². The van der Waals surface area contributed by atoms with Gasteiger partial charge in [-0.3, -0.25) is 9.89 Å². The number of piperazine rings is 1. The van der Waals surface area contributed by atoms with Crippen LogP contribution >= 0.6 is 0 Å². The van der Waals surface area contributed by atoms with Crippen molar-refractivity contribution in [3.63, 3.8) is 0 Å². The largest absolute Gasteiger partial charge is 0.380 e. The molecular formula is C22H39N5O. The first kappa shape index (κ1) is 22.7. The maximum Gasteiger partial charge on any atom is 0.191 e. The summed E-state index contributed by atoms with van der Waals surface area (Å²) < 4.78 is 5.36. The smallest absolute Gasteiger partial charge is 0.191 e. The van der Waals surface area contributed by atoms with Crippen LogP contribution in [0.3, 0.4) is 0 Å². The fourth-order valence-electron chi connectivity index (χ4n) is 3.38. The maximum absolute atomic E-state index is 5.36. The van der Waals surface area contributed by atoms with E-state index in [1.807, 2.05) is 6.92 Å². The molecule has 6 heteroatoms. The zero-order valence-corrected chi connectivity index (χ0v) is 17.8. The zero-order valence-electron chi connectivity index (χ0n) is 17.8. The van der Waals surface area contributed by atoms with Crippen LogP contribution in [-0.4, -0.2) is 81.3 Å². The van der Waals surface area contributed by atoms with Crippen LogP contribution in [0.5, 0.6) is 0 Å². The highest BCUT2D eigenvalue weighted by molar-refractivity contribution is 5.79. The summed E-state index contributed by atoms with van der Waals surface area (Å²) in [6, 6.07) is 10.8. The number of hydrogen-bond acceptors (Lipinski definition) is 4. The zero-order chi connectivity index (χ0) is 19.9. The number of nitrogens with one attached hydrogen (secondary N) is 2. The van der Waals surface area contributed by atoms with Gasteiger partial charge in [0.15, 0.2) is 5.96 Å². The monoisotopic (exact) mass is 389 g/mol. The van der Waals surface area contributed by atoms with E-state index in [4.69, 9.17) is 4.74 Å². The Labute approximate surface area is 171 Å². The summed E-state index contributed by atoms with van der Waals surface area (Å²) in [5, 5.41) is 6.61. The van der Waals surface area contributed by atoms with Gasteiger partial charge in [0, 0.05) is 59.0 Å². The van der Waals surface area contributed by atoms with Crippen molar-refractivity contribution in [1.82, 2.24) is 20.4 Å². The SMILES string of the molecule is CCNC(=NCCCCN1CCN(Cc2ccccc2)CC1)NCCOCC. The van der Waals surface area contributed by atoms with Crippen LogP contribution in [0.15, 0.2) is 35.3 Å². The molecule has 2 N–H and O–H groups in total. The van der Waals surface area contributed by atoms with Gasteiger partial charge in [0.25, 0.3) is 0 Å². The quantitative estimate of drug-likeness (QED) is 0.326. The second-order valence-electron chi connectivity index (χ2n) is 7.19. The standard InChI is InChI=1S/C22H39N5O/c1-3-23-22(25-13-19-28-4-2)24-12-8-9-14-26-15-17-27(18-16-26)20-21-10-6-5-7-11-21/h5-7,10-11H,3-4,8-9,12-20H2,1-2H3,(H2,23,24,25). The third-order valence-corrected chi connectivity index (χ3v) is 4.95. The molecule has 1 aromatic carbocycles. The van der Waals surface area contributed by atoms with E-state index in [0.29, 0.717) is 0 Å². The number of ether oxygens (including phenoxy) is 1. The fraction of sp³-hybridized carbons (Fsp3) is 0.682. The Hall–Kier alpha value is -1.63. The van der Waals surface area contributed by atoms with E-state index < -0.39 is 0 Å². The second-order valence-corrected chi connectivity index (χ2v) is 7.19. The van der Waals surface area contributed by atoms with Crippen molar-refractivity contribution in [2.45, 2.75) is 33.2 Å². The molecule has 0 bridgehead atoms. The van der Waals surface area contributed by atoms with E-state index in [1.54, 1.807) is 0 Å². The molecule has 0 aliphatic carbocycles. The Morgan fingerprint density at radius 1 is 1.00 bits per heavy atom. The summed E-state index contributed by atoms with van der Waals surface area (Å²) >= 11 is 0. The van der Waals surface area contributed by atoms with Crippen LogP contribution in [0.4, 0.5) is 0 Å². The topological polar surface area (TPSA) is 52.1 Å². The van der Waals surface area contributed by atoms with Crippen molar-refractivity contribution in [2.75, 3.05) is 65.6 Å². The first-order chi connectivity index (χ1) is 13.8.